The third kappa shape index (κ3) is 22.5. The van der Waals surface area contributed by atoms with E-state index in [2.05, 4.69) is 109 Å². The normalized spacial score (nSPS) is 14.0. The van der Waals surface area contributed by atoms with Gasteiger partial charge in [-0.05, 0) is 203 Å². The number of anilines is 8. The van der Waals surface area contributed by atoms with Gasteiger partial charge in [0.1, 0.15) is 17.5 Å². The van der Waals surface area contributed by atoms with E-state index >= 15 is 0 Å². The second kappa shape index (κ2) is 34.8. The Balaban J connectivity index is 0.000000197. The van der Waals surface area contributed by atoms with Gasteiger partial charge in [0, 0.05) is 52.0 Å². The number of carbonyl (C=O) groups excluding carboxylic acids is 1. The number of nitrogens with one attached hydrogen (secondary N) is 3. The Kier molecular flexibility index (Phi) is 26.6. The molecule has 0 saturated heterocycles. The van der Waals surface area contributed by atoms with Crippen molar-refractivity contribution in [1.82, 2.24) is 19.9 Å². The molecule has 2 aromatic heterocycles. The van der Waals surface area contributed by atoms with Gasteiger partial charge in [0.2, 0.25) is 23.8 Å². The molecule has 0 radical (unpaired) electrons. The summed E-state index contributed by atoms with van der Waals surface area (Å²) in [6, 6.07) is 44.9. The van der Waals surface area contributed by atoms with Crippen LogP contribution in [0.3, 0.4) is 0 Å². The van der Waals surface area contributed by atoms with Gasteiger partial charge in [-0.2, -0.15) is 20.2 Å². The first-order valence-corrected chi connectivity index (χ1v) is 32.0. The van der Waals surface area contributed by atoms with Crippen LogP contribution in [0.25, 0.3) is 22.3 Å². The molecule has 0 bridgehead atoms. The van der Waals surface area contributed by atoms with Gasteiger partial charge in [-0.15, -0.1) is 10.2 Å². The van der Waals surface area contributed by atoms with E-state index in [1.54, 1.807) is 19.1 Å². The first-order valence-electron chi connectivity index (χ1n) is 29.7. The molecular weight excluding hydrogens is 1270 g/mol. The van der Waals surface area contributed by atoms with E-state index in [1.165, 1.54) is 31.2 Å². The first-order chi connectivity index (χ1) is 43.7. The number of alkyl halides is 1. The average Bonchev–Trinajstić information content (AvgIpc) is 0.963. The van der Waals surface area contributed by atoms with Crippen molar-refractivity contribution in [3.05, 3.63) is 188 Å². The SMILES string of the molecule is CC(N)=N/N=C(\C)c1cccc(NCC2CCC(CNc3cccc(/C(C)=N/N=C(N)N)c3)CC2)c1.Nc1ccc(CCCCc2nc(N)nc(N)c2-c2ccc(Cl)cc2)cc1.Nc1nc(N)c(-c2ccc(Cl)c(Cl)c2)c(CCc2ccc(NC(=O)CBr)cc2)n1. The van der Waals surface area contributed by atoms with Crippen LogP contribution in [0.5, 0.6) is 0 Å². The molecule has 0 unspecified atom stereocenters. The third-order valence-electron chi connectivity index (χ3n) is 14.9. The van der Waals surface area contributed by atoms with Gasteiger partial charge < -0.3 is 61.8 Å². The minimum Gasteiger partial charge on any atom is -0.399 e. The lowest BCUT2D eigenvalue weighted by Gasteiger charge is -2.29. The Morgan fingerprint density at radius 1 is 0.527 bits per heavy atom. The number of hydrogen-bond acceptors (Lipinski definition) is 16. The maximum atomic E-state index is 11.4. The van der Waals surface area contributed by atoms with Crippen LogP contribution in [0.4, 0.5) is 46.3 Å². The van der Waals surface area contributed by atoms with E-state index in [9.17, 15) is 4.79 Å². The number of guanidine groups is 1. The van der Waals surface area contributed by atoms with E-state index < -0.39 is 0 Å². The molecule has 1 amide bonds. The van der Waals surface area contributed by atoms with Crippen molar-refractivity contribution >= 4 is 126 Å². The number of benzene rings is 6. The number of unbranched alkanes of at least 4 members (excludes halogenated alkanes) is 1. The fourth-order valence-corrected chi connectivity index (χ4v) is 10.7. The molecule has 0 spiro atoms. The number of hydrogen-bond donors (Lipinski definition) is 11. The van der Waals surface area contributed by atoms with Crippen LogP contribution in [0.15, 0.2) is 160 Å². The fourth-order valence-electron chi connectivity index (χ4n) is 10.1. The topological polar surface area (TPSA) is 362 Å². The number of aryl methyl sites for hydroxylation is 4. The second-order valence-corrected chi connectivity index (χ2v) is 23.8. The molecule has 8 aromatic rings. The molecular formula is C67H79BrCl3N19O. The summed E-state index contributed by atoms with van der Waals surface area (Å²) in [5, 5.41) is 27.7. The van der Waals surface area contributed by atoms with E-state index in [4.69, 9.17) is 80.7 Å². The number of amidine groups is 1. The summed E-state index contributed by atoms with van der Waals surface area (Å²) in [4.78, 5) is 28.5. The number of carbonyl (C=O) groups is 1. The zero-order valence-electron chi connectivity index (χ0n) is 51.2. The van der Waals surface area contributed by atoms with Crippen LogP contribution in [-0.4, -0.2) is 67.5 Å². The molecule has 2 heterocycles. The van der Waals surface area contributed by atoms with Gasteiger partial charge in [-0.3, -0.25) is 4.79 Å². The molecule has 9 rings (SSSR count). The Morgan fingerprint density at radius 2 is 1.02 bits per heavy atom. The van der Waals surface area contributed by atoms with Gasteiger partial charge in [0.15, 0.2) is 0 Å². The summed E-state index contributed by atoms with van der Waals surface area (Å²) in [7, 11) is 0. The van der Waals surface area contributed by atoms with Crippen LogP contribution in [0.2, 0.25) is 15.1 Å². The zero-order chi connectivity index (χ0) is 65.4. The van der Waals surface area contributed by atoms with Crippen molar-refractivity contribution in [1.29, 1.82) is 0 Å². The van der Waals surface area contributed by atoms with E-state index in [-0.39, 0.29) is 29.1 Å². The van der Waals surface area contributed by atoms with Crippen LogP contribution in [0, 0.1) is 11.8 Å². The molecule has 91 heavy (non-hydrogen) atoms. The molecule has 19 N–H and O–H groups in total. The van der Waals surface area contributed by atoms with Crippen molar-refractivity contribution in [2.75, 3.05) is 63.0 Å². The standard InChI is InChI=1S/C27H39N9.C20H18BrCl2N5O.C20H22ClN5/c1-18(33-35-20(3)28)23-6-4-8-25(14-23)31-16-21-10-12-22(13-11-21)17-32-26-9-5-7-24(15-26)19(2)34-36-27(29)30;21-10-17(29)26-13-5-1-11(2-6-13)3-8-16-18(19(24)28-20(25)27-16)12-4-7-14(22)15(23)9-12;21-15-9-7-14(8-10-15)18-17(25-20(24)26-19(18)23)4-2-1-3-13-5-11-16(22)12-6-13/h4-9,14-15,21-22,31-32H,10-13,16-17H2,1-3H3,(H2,28,35)(H4,29,30,36);1-2,4-7,9H,3,8,10H2,(H,26,29)(H4,24,25,27,28);5-12H,1-4,22H2,(H4,23,24,25,26)/b33-18+,34-19+;;. The lowest BCUT2D eigenvalue weighted by molar-refractivity contribution is -0.113. The number of nitrogen functional groups attached to an aromatic ring is 5. The van der Waals surface area contributed by atoms with E-state index in [0.717, 1.165) is 118 Å². The summed E-state index contributed by atoms with van der Waals surface area (Å²) in [6.45, 7) is 7.52. The highest BCUT2D eigenvalue weighted by Crippen LogP contribution is 2.35. The predicted molar refractivity (Wildman–Crippen MR) is 384 cm³/mol. The van der Waals surface area contributed by atoms with Crippen LogP contribution < -0.4 is 61.8 Å². The largest absolute Gasteiger partial charge is 0.399 e. The van der Waals surface area contributed by atoms with Crippen molar-refractivity contribution in [2.24, 2.45) is 49.4 Å². The number of nitrogens with zero attached hydrogens (tertiary/aromatic N) is 8. The van der Waals surface area contributed by atoms with Crippen LogP contribution in [-0.2, 0) is 30.5 Å². The number of halogens is 4. The number of rotatable bonds is 22. The molecule has 6 aromatic carbocycles. The molecule has 1 fully saturated rings. The van der Waals surface area contributed by atoms with Crippen LogP contribution in [0.1, 0.15) is 92.9 Å². The number of amides is 1. The van der Waals surface area contributed by atoms with Gasteiger partial charge in [0.25, 0.3) is 0 Å². The Hall–Kier alpha value is -9.02. The zero-order valence-corrected chi connectivity index (χ0v) is 55.1. The van der Waals surface area contributed by atoms with Gasteiger partial charge >= 0.3 is 0 Å². The Bertz CT molecular complexity index is 3740. The first kappa shape index (κ1) is 69.5. The summed E-state index contributed by atoms with van der Waals surface area (Å²) >= 11 is 21.3. The molecule has 1 saturated carbocycles. The molecule has 20 nitrogen and oxygen atoms in total. The highest BCUT2D eigenvalue weighted by Gasteiger charge is 2.22. The van der Waals surface area contributed by atoms with Crippen molar-refractivity contribution < 1.29 is 4.79 Å². The minimum absolute atomic E-state index is 0.0453. The maximum Gasteiger partial charge on any atom is 0.235 e. The van der Waals surface area contributed by atoms with Crippen molar-refractivity contribution in [3.63, 3.8) is 0 Å². The molecule has 0 atom stereocenters. The molecule has 24 heteroatoms. The second-order valence-electron chi connectivity index (χ2n) is 22.0. The quantitative estimate of drug-likeness (QED) is 0.00750. The lowest BCUT2D eigenvalue weighted by Crippen LogP contribution is -2.25. The predicted octanol–water partition coefficient (Wildman–Crippen LogP) is 13.0. The summed E-state index contributed by atoms with van der Waals surface area (Å²) < 4.78 is 0. The van der Waals surface area contributed by atoms with E-state index in [1.807, 2.05) is 105 Å². The minimum atomic E-state index is -0.101. The van der Waals surface area contributed by atoms with E-state index in [0.29, 0.717) is 62.8 Å². The summed E-state index contributed by atoms with van der Waals surface area (Å²) in [5.41, 5.74) is 60.5. The Labute approximate surface area is 555 Å². The van der Waals surface area contributed by atoms with Gasteiger partial charge in [-0.1, -0.05) is 117 Å². The average molecular weight is 1350 g/mol. The Morgan fingerprint density at radius 3 is 1.55 bits per heavy atom. The summed E-state index contributed by atoms with van der Waals surface area (Å²) in [5.74, 6) is 2.67. The molecule has 1 aliphatic carbocycles. The number of nitrogens with two attached hydrogens (primary N) is 8. The van der Waals surface area contributed by atoms with Crippen LogP contribution >= 0.6 is 50.7 Å². The molecule has 476 valence electrons. The lowest BCUT2D eigenvalue weighted by atomic mass is 9.82. The summed E-state index contributed by atoms with van der Waals surface area (Å²) in [6.07, 6.45) is 10.0. The smallest absolute Gasteiger partial charge is 0.235 e. The monoisotopic (exact) mass is 1350 g/mol. The van der Waals surface area contributed by atoms with Gasteiger partial charge in [0.05, 0.1) is 38.2 Å². The maximum absolute atomic E-state index is 11.4. The van der Waals surface area contributed by atoms with Gasteiger partial charge in [-0.25, -0.2) is 9.97 Å². The molecule has 1 aliphatic rings. The highest BCUT2D eigenvalue weighted by molar-refractivity contribution is 9.09. The molecule has 0 aliphatic heterocycles. The number of aromatic nitrogens is 4. The third-order valence-corrected chi connectivity index (χ3v) is 16.4. The van der Waals surface area contributed by atoms with Crippen molar-refractivity contribution in [2.45, 2.75) is 85.0 Å². The fraction of sp³-hybridized carbons (Fsp3) is 0.269. The highest BCUT2D eigenvalue weighted by atomic mass is 79.9. The van der Waals surface area contributed by atoms with Crippen molar-refractivity contribution in [3.8, 4) is 22.3 Å².